The van der Waals surface area contributed by atoms with Gasteiger partial charge in [0, 0.05) is 12.0 Å². The van der Waals surface area contributed by atoms with Crippen molar-refractivity contribution in [2.75, 3.05) is 6.54 Å². The van der Waals surface area contributed by atoms with Crippen LogP contribution in [0.3, 0.4) is 0 Å². The predicted molar refractivity (Wildman–Crippen MR) is 50.7 cm³/mol. The number of hydrogen-bond acceptors (Lipinski definition) is 1. The highest BCUT2D eigenvalue weighted by atomic mass is 14.9. The fourth-order valence-electron chi connectivity index (χ4n) is 2.74. The molecule has 0 bridgehead atoms. The van der Waals surface area contributed by atoms with Crippen molar-refractivity contribution in [1.82, 2.24) is 5.32 Å². The minimum Gasteiger partial charge on any atom is -0.314 e. The topological polar surface area (TPSA) is 12.0 Å². The van der Waals surface area contributed by atoms with Gasteiger partial charge in [-0.1, -0.05) is 12.8 Å². The van der Waals surface area contributed by atoms with Crippen LogP contribution in [-0.4, -0.2) is 12.6 Å². The largest absolute Gasteiger partial charge is 0.314 e. The highest BCUT2D eigenvalue weighted by molar-refractivity contribution is 5.03. The van der Waals surface area contributed by atoms with Crippen LogP contribution in [0.5, 0.6) is 0 Å². The fourth-order valence-corrected chi connectivity index (χ4v) is 2.74. The Kier molecular flexibility index (Phi) is 2.37. The summed E-state index contributed by atoms with van der Waals surface area (Å²) in [6.45, 7) is 1.13. The summed E-state index contributed by atoms with van der Waals surface area (Å²) in [5, 5.41) is 3.59. The first kappa shape index (κ1) is 8.13. The lowest BCUT2D eigenvalue weighted by molar-refractivity contribution is 0.173. The highest BCUT2D eigenvalue weighted by Crippen LogP contribution is 2.34. The van der Waals surface area contributed by atoms with Crippen molar-refractivity contribution in [1.29, 1.82) is 0 Å². The summed E-state index contributed by atoms with van der Waals surface area (Å²) in [5.41, 5.74) is 0. The molecule has 1 nitrogen and oxygen atoms in total. The second-order valence-corrected chi connectivity index (χ2v) is 4.07. The van der Waals surface area contributed by atoms with E-state index in [-0.39, 0.29) is 0 Å². The molecule has 1 aliphatic carbocycles. The third-order valence-corrected chi connectivity index (χ3v) is 3.41. The van der Waals surface area contributed by atoms with Gasteiger partial charge in [0.05, 0.1) is 0 Å². The van der Waals surface area contributed by atoms with Crippen LogP contribution in [0.2, 0.25) is 0 Å². The van der Waals surface area contributed by atoms with Crippen LogP contribution < -0.4 is 5.32 Å². The second-order valence-electron chi connectivity index (χ2n) is 4.07. The Morgan fingerprint density at radius 3 is 2.83 bits per heavy atom. The summed E-state index contributed by atoms with van der Waals surface area (Å²) in [5.74, 6) is 4.32. The van der Waals surface area contributed by atoms with E-state index >= 15 is 0 Å². The Bertz CT molecular complexity index is 190. The number of rotatable bonds is 0. The lowest BCUT2D eigenvalue weighted by Crippen LogP contribution is -2.47. The third kappa shape index (κ3) is 1.36. The van der Waals surface area contributed by atoms with Crippen molar-refractivity contribution in [2.45, 2.75) is 38.1 Å². The minimum atomic E-state index is 0.566. The fraction of sp³-hybridized carbons (Fsp3) is 0.818. The summed E-state index contributed by atoms with van der Waals surface area (Å²) in [4.78, 5) is 0. The van der Waals surface area contributed by atoms with Crippen molar-refractivity contribution in [3.05, 3.63) is 0 Å². The van der Waals surface area contributed by atoms with E-state index in [0.717, 1.165) is 18.5 Å². The third-order valence-electron chi connectivity index (χ3n) is 3.41. The molecule has 2 fully saturated rings. The summed E-state index contributed by atoms with van der Waals surface area (Å²) < 4.78 is 0. The average molecular weight is 163 g/mol. The van der Waals surface area contributed by atoms with E-state index in [1.807, 2.05) is 0 Å². The van der Waals surface area contributed by atoms with E-state index in [4.69, 9.17) is 6.42 Å². The maximum absolute atomic E-state index is 5.53. The van der Waals surface area contributed by atoms with Crippen molar-refractivity contribution in [3.8, 4) is 12.3 Å². The van der Waals surface area contributed by atoms with E-state index in [1.54, 1.807) is 0 Å². The van der Waals surface area contributed by atoms with Gasteiger partial charge in [0.1, 0.15) is 0 Å². The van der Waals surface area contributed by atoms with Crippen LogP contribution >= 0.6 is 0 Å². The molecule has 0 spiro atoms. The average Bonchev–Trinajstić information content (AvgIpc) is 2.17. The van der Waals surface area contributed by atoms with Crippen LogP contribution in [0.4, 0.5) is 0 Å². The Balaban J connectivity index is 2.05. The van der Waals surface area contributed by atoms with Crippen molar-refractivity contribution >= 4 is 0 Å². The number of nitrogens with one attached hydrogen (secondary N) is 1. The maximum Gasteiger partial charge on any atom is 0.0255 e. The second kappa shape index (κ2) is 3.49. The van der Waals surface area contributed by atoms with Gasteiger partial charge in [-0.25, -0.2) is 0 Å². The maximum atomic E-state index is 5.53. The lowest BCUT2D eigenvalue weighted by atomic mass is 9.73. The van der Waals surface area contributed by atoms with Crippen LogP contribution in [0, 0.1) is 24.2 Å². The number of terminal acetylenes is 1. The summed E-state index contributed by atoms with van der Waals surface area (Å²) in [6, 6.07) is 0.744. The molecule has 2 aliphatic rings. The standard InChI is InChI=1S/C11H17N/c1-2-9-7-8-12-11-6-4-3-5-10(9)11/h1,9-12H,3-8H2. The van der Waals surface area contributed by atoms with Gasteiger partial charge < -0.3 is 5.32 Å². The zero-order valence-corrected chi connectivity index (χ0v) is 7.55. The van der Waals surface area contributed by atoms with Gasteiger partial charge in [0.2, 0.25) is 0 Å². The van der Waals surface area contributed by atoms with Gasteiger partial charge in [-0.2, -0.15) is 0 Å². The molecule has 66 valence electrons. The molecule has 1 N–H and O–H groups in total. The van der Waals surface area contributed by atoms with Crippen LogP contribution in [-0.2, 0) is 0 Å². The molecule has 3 atom stereocenters. The molecule has 2 rings (SSSR count). The molecular formula is C11H17N. The molecule has 0 aromatic rings. The van der Waals surface area contributed by atoms with Gasteiger partial charge in [-0.3, -0.25) is 0 Å². The van der Waals surface area contributed by atoms with Gasteiger partial charge in [-0.15, -0.1) is 12.3 Å². The molecule has 1 saturated heterocycles. The van der Waals surface area contributed by atoms with E-state index < -0.39 is 0 Å². The monoisotopic (exact) mass is 163 g/mol. The zero-order chi connectivity index (χ0) is 8.39. The smallest absolute Gasteiger partial charge is 0.0255 e. The Hall–Kier alpha value is -0.480. The van der Waals surface area contributed by atoms with Crippen LogP contribution in [0.1, 0.15) is 32.1 Å². The number of hydrogen-bond donors (Lipinski definition) is 1. The van der Waals surface area contributed by atoms with Crippen molar-refractivity contribution in [3.63, 3.8) is 0 Å². The molecule has 3 unspecified atom stereocenters. The first-order chi connectivity index (χ1) is 5.92. The summed E-state index contributed by atoms with van der Waals surface area (Å²) in [6.07, 6.45) is 12.2. The molecule has 0 amide bonds. The van der Waals surface area contributed by atoms with E-state index in [0.29, 0.717) is 5.92 Å². The van der Waals surface area contributed by atoms with E-state index in [1.165, 1.54) is 32.1 Å². The predicted octanol–water partition coefficient (Wildman–Crippen LogP) is 1.79. The quantitative estimate of drug-likeness (QED) is 0.537. The highest BCUT2D eigenvalue weighted by Gasteiger charge is 2.33. The lowest BCUT2D eigenvalue weighted by Gasteiger charge is -2.39. The molecule has 0 aromatic heterocycles. The molecule has 0 radical (unpaired) electrons. The summed E-state index contributed by atoms with van der Waals surface area (Å²) in [7, 11) is 0. The first-order valence-corrected chi connectivity index (χ1v) is 5.11. The first-order valence-electron chi connectivity index (χ1n) is 5.11. The molecular weight excluding hydrogens is 146 g/mol. The van der Waals surface area contributed by atoms with Gasteiger partial charge in [0.15, 0.2) is 0 Å². The SMILES string of the molecule is C#CC1CCNC2CCCCC12. The molecule has 1 heteroatoms. The zero-order valence-electron chi connectivity index (χ0n) is 7.55. The van der Waals surface area contributed by atoms with Crippen LogP contribution in [0.25, 0.3) is 0 Å². The molecule has 1 saturated carbocycles. The molecule has 1 aliphatic heterocycles. The van der Waals surface area contributed by atoms with Crippen molar-refractivity contribution < 1.29 is 0 Å². The Labute approximate surface area is 74.9 Å². The molecule has 12 heavy (non-hydrogen) atoms. The molecule has 1 heterocycles. The van der Waals surface area contributed by atoms with Gasteiger partial charge >= 0.3 is 0 Å². The number of piperidine rings is 1. The van der Waals surface area contributed by atoms with Gasteiger partial charge in [0.25, 0.3) is 0 Å². The normalized spacial score (nSPS) is 41.4. The number of fused-ring (bicyclic) bond motifs is 1. The summed E-state index contributed by atoms with van der Waals surface area (Å²) >= 11 is 0. The van der Waals surface area contributed by atoms with Crippen LogP contribution in [0.15, 0.2) is 0 Å². The minimum absolute atomic E-state index is 0.566. The van der Waals surface area contributed by atoms with Gasteiger partial charge in [-0.05, 0) is 31.7 Å². The van der Waals surface area contributed by atoms with Crippen molar-refractivity contribution in [2.24, 2.45) is 11.8 Å². The van der Waals surface area contributed by atoms with E-state index in [2.05, 4.69) is 11.2 Å². The molecule has 0 aromatic carbocycles. The Morgan fingerprint density at radius 1 is 1.17 bits per heavy atom. The Morgan fingerprint density at radius 2 is 2.00 bits per heavy atom. The van der Waals surface area contributed by atoms with E-state index in [9.17, 15) is 0 Å².